The van der Waals surface area contributed by atoms with Gasteiger partial charge in [0.25, 0.3) is 0 Å². The highest BCUT2D eigenvalue weighted by molar-refractivity contribution is 6.30. The average Bonchev–Trinajstić information content (AvgIpc) is 2.63. The fraction of sp³-hybridized carbons (Fsp3) is 0.500. The van der Waals surface area contributed by atoms with Crippen LogP contribution in [0, 0.1) is 5.92 Å². The number of ether oxygens (including phenoxy) is 4. The summed E-state index contributed by atoms with van der Waals surface area (Å²) >= 11 is 5.99. The fourth-order valence-electron chi connectivity index (χ4n) is 2.34. The van der Waals surface area contributed by atoms with Crippen LogP contribution in [0.25, 0.3) is 0 Å². The highest BCUT2D eigenvalue weighted by Crippen LogP contribution is 2.23. The van der Waals surface area contributed by atoms with Gasteiger partial charge in [-0.25, -0.2) is 0 Å². The molecule has 0 aliphatic rings. The second-order valence-electron chi connectivity index (χ2n) is 5.55. The number of hydrogen-bond donors (Lipinski definition) is 0. The maximum Gasteiger partial charge on any atom is 0.320 e. The van der Waals surface area contributed by atoms with E-state index in [0.717, 1.165) is 11.3 Å². The molecule has 7 heteroatoms. The van der Waals surface area contributed by atoms with Gasteiger partial charge < -0.3 is 18.9 Å². The summed E-state index contributed by atoms with van der Waals surface area (Å²) < 4.78 is 21.0. The molecule has 0 N–H and O–H groups in total. The molecular weight excluding hydrogens is 372 g/mol. The number of allylic oxidation sites excluding steroid dienone is 1. The van der Waals surface area contributed by atoms with Crippen LogP contribution < -0.4 is 4.74 Å². The van der Waals surface area contributed by atoms with Gasteiger partial charge in [0.2, 0.25) is 0 Å². The predicted molar refractivity (Wildman–Crippen MR) is 103 cm³/mol. The van der Waals surface area contributed by atoms with Crippen molar-refractivity contribution in [3.05, 3.63) is 41.4 Å². The van der Waals surface area contributed by atoms with Crippen molar-refractivity contribution < 1.29 is 28.5 Å². The monoisotopic (exact) mass is 398 g/mol. The van der Waals surface area contributed by atoms with Gasteiger partial charge in [-0.3, -0.25) is 9.59 Å². The molecule has 0 bridgehead atoms. The lowest BCUT2D eigenvalue weighted by atomic mass is 10.1. The van der Waals surface area contributed by atoms with Crippen molar-refractivity contribution in [3.63, 3.8) is 0 Å². The third-order valence-electron chi connectivity index (χ3n) is 3.57. The SMILES string of the molecule is C=CCc1cc(Cl)ccc1OCCOCCC(C(=O)OCC)C(=O)OCC. The van der Waals surface area contributed by atoms with E-state index < -0.39 is 17.9 Å². The number of hydrogen-bond acceptors (Lipinski definition) is 6. The Labute approximate surface area is 165 Å². The third kappa shape index (κ3) is 8.45. The zero-order chi connectivity index (χ0) is 20.1. The minimum atomic E-state index is -0.971. The van der Waals surface area contributed by atoms with Gasteiger partial charge in [0.1, 0.15) is 12.4 Å². The van der Waals surface area contributed by atoms with Crippen LogP contribution in [0.2, 0.25) is 5.02 Å². The number of rotatable bonds is 13. The number of esters is 2. The molecule has 0 saturated carbocycles. The Kier molecular flexibility index (Phi) is 11.2. The quantitative estimate of drug-likeness (QED) is 0.219. The summed E-state index contributed by atoms with van der Waals surface area (Å²) in [5.74, 6) is -1.43. The molecule has 0 radical (unpaired) electrons. The first-order valence-corrected chi connectivity index (χ1v) is 9.34. The molecule has 0 aliphatic heterocycles. The first-order chi connectivity index (χ1) is 13.0. The van der Waals surface area contributed by atoms with Crippen LogP contribution in [-0.4, -0.2) is 45.0 Å². The molecule has 0 fully saturated rings. The minimum absolute atomic E-state index is 0.195. The van der Waals surface area contributed by atoms with E-state index in [-0.39, 0.29) is 26.2 Å². The molecule has 0 atom stereocenters. The Bertz CT molecular complexity index is 598. The largest absolute Gasteiger partial charge is 0.491 e. The third-order valence-corrected chi connectivity index (χ3v) is 3.80. The lowest BCUT2D eigenvalue weighted by Gasteiger charge is -2.15. The number of carbonyl (C=O) groups is 2. The van der Waals surface area contributed by atoms with E-state index in [9.17, 15) is 9.59 Å². The summed E-state index contributed by atoms with van der Waals surface area (Å²) in [5, 5.41) is 0.638. The molecule has 27 heavy (non-hydrogen) atoms. The van der Waals surface area contributed by atoms with Crippen LogP contribution in [-0.2, 0) is 30.2 Å². The van der Waals surface area contributed by atoms with E-state index >= 15 is 0 Å². The van der Waals surface area contributed by atoms with E-state index in [4.69, 9.17) is 30.5 Å². The molecule has 1 aromatic rings. The highest BCUT2D eigenvalue weighted by atomic mass is 35.5. The lowest BCUT2D eigenvalue weighted by molar-refractivity contribution is -0.162. The van der Waals surface area contributed by atoms with Crippen molar-refractivity contribution in [3.8, 4) is 5.75 Å². The smallest absolute Gasteiger partial charge is 0.320 e. The highest BCUT2D eigenvalue weighted by Gasteiger charge is 2.29. The Morgan fingerprint density at radius 2 is 1.78 bits per heavy atom. The summed E-state index contributed by atoms with van der Waals surface area (Å²) in [6.45, 7) is 8.36. The topological polar surface area (TPSA) is 71.1 Å². The molecule has 1 rings (SSSR count). The van der Waals surface area contributed by atoms with E-state index in [1.165, 1.54) is 0 Å². The standard InChI is InChI=1S/C20H27ClO6/c1-4-7-15-14-16(21)8-9-18(15)27-13-12-24-11-10-17(19(22)25-5-2)20(23)26-6-3/h4,8-9,14,17H,1,5-7,10-13H2,2-3H3. The normalized spacial score (nSPS) is 10.5. The zero-order valence-electron chi connectivity index (χ0n) is 15.9. The number of carbonyl (C=O) groups excluding carboxylic acids is 2. The van der Waals surface area contributed by atoms with Crippen molar-refractivity contribution in [2.45, 2.75) is 26.7 Å². The Balaban J connectivity index is 2.41. The summed E-state index contributed by atoms with van der Waals surface area (Å²) in [7, 11) is 0. The average molecular weight is 399 g/mol. The fourth-order valence-corrected chi connectivity index (χ4v) is 2.53. The molecule has 6 nitrogen and oxygen atoms in total. The van der Waals surface area contributed by atoms with Crippen LogP contribution in [0.15, 0.2) is 30.9 Å². The molecule has 0 saturated heterocycles. The molecule has 0 aromatic heterocycles. The number of benzene rings is 1. The lowest BCUT2D eigenvalue weighted by Crippen LogP contribution is -2.29. The van der Waals surface area contributed by atoms with E-state index in [1.54, 1.807) is 32.1 Å². The summed E-state index contributed by atoms with van der Waals surface area (Å²) in [5.41, 5.74) is 0.946. The van der Waals surface area contributed by atoms with Crippen LogP contribution in [0.5, 0.6) is 5.75 Å². The Morgan fingerprint density at radius 3 is 2.37 bits per heavy atom. The Hall–Kier alpha value is -2.05. The zero-order valence-corrected chi connectivity index (χ0v) is 16.6. The second kappa shape index (κ2) is 13.2. The van der Waals surface area contributed by atoms with Gasteiger partial charge in [-0.2, -0.15) is 0 Å². The molecule has 0 amide bonds. The maximum atomic E-state index is 11.9. The summed E-state index contributed by atoms with van der Waals surface area (Å²) in [4.78, 5) is 23.7. The predicted octanol–water partition coefficient (Wildman–Crippen LogP) is 3.60. The molecule has 0 heterocycles. The minimum Gasteiger partial charge on any atom is -0.491 e. The van der Waals surface area contributed by atoms with Crippen molar-refractivity contribution in [2.24, 2.45) is 5.92 Å². The molecule has 0 spiro atoms. The van der Waals surface area contributed by atoms with Crippen LogP contribution in [0.4, 0.5) is 0 Å². The molecular formula is C20H27ClO6. The van der Waals surface area contributed by atoms with Crippen LogP contribution in [0.3, 0.4) is 0 Å². The van der Waals surface area contributed by atoms with Gasteiger partial charge >= 0.3 is 11.9 Å². The first-order valence-electron chi connectivity index (χ1n) is 8.96. The van der Waals surface area contributed by atoms with Gasteiger partial charge in [0, 0.05) is 11.6 Å². The second-order valence-corrected chi connectivity index (χ2v) is 5.99. The van der Waals surface area contributed by atoms with Gasteiger partial charge in [-0.15, -0.1) is 6.58 Å². The summed E-state index contributed by atoms with van der Waals surface area (Å²) in [6.07, 6.45) is 2.62. The van der Waals surface area contributed by atoms with Crippen LogP contribution in [0.1, 0.15) is 25.8 Å². The van der Waals surface area contributed by atoms with Crippen molar-refractivity contribution >= 4 is 23.5 Å². The van der Waals surface area contributed by atoms with Gasteiger partial charge in [0.15, 0.2) is 5.92 Å². The molecule has 1 aromatic carbocycles. The van der Waals surface area contributed by atoms with Gasteiger partial charge in [-0.05, 0) is 50.5 Å². The van der Waals surface area contributed by atoms with Gasteiger partial charge in [0.05, 0.1) is 19.8 Å². The molecule has 0 aliphatic carbocycles. The molecule has 0 unspecified atom stereocenters. The molecule has 150 valence electrons. The van der Waals surface area contributed by atoms with Crippen LogP contribution >= 0.6 is 11.6 Å². The van der Waals surface area contributed by atoms with E-state index in [0.29, 0.717) is 24.7 Å². The maximum absolute atomic E-state index is 11.9. The van der Waals surface area contributed by atoms with Crippen molar-refractivity contribution in [1.29, 1.82) is 0 Å². The number of halogens is 1. The van der Waals surface area contributed by atoms with Crippen molar-refractivity contribution in [2.75, 3.05) is 33.0 Å². The van der Waals surface area contributed by atoms with Gasteiger partial charge in [-0.1, -0.05) is 17.7 Å². The Morgan fingerprint density at radius 1 is 1.11 bits per heavy atom. The summed E-state index contributed by atoms with van der Waals surface area (Å²) in [6, 6.07) is 5.40. The van der Waals surface area contributed by atoms with E-state index in [1.807, 2.05) is 6.07 Å². The van der Waals surface area contributed by atoms with Crippen molar-refractivity contribution in [1.82, 2.24) is 0 Å². The first kappa shape index (κ1) is 23.0. The van der Waals surface area contributed by atoms with E-state index in [2.05, 4.69) is 6.58 Å².